The Kier molecular flexibility index (Phi) is 3.45. The van der Waals surface area contributed by atoms with E-state index in [1.165, 1.54) is 11.1 Å². The first-order valence-electron chi connectivity index (χ1n) is 8.42. The Morgan fingerprint density at radius 1 is 1.20 bits per heavy atom. The molecular formula is C18H17N5O2. The molecule has 0 N–H and O–H groups in total. The highest BCUT2D eigenvalue weighted by Gasteiger charge is 2.32. The van der Waals surface area contributed by atoms with Crippen molar-refractivity contribution in [3.05, 3.63) is 53.8 Å². The molecule has 3 aromatic rings. The Morgan fingerprint density at radius 3 is 3.04 bits per heavy atom. The highest BCUT2D eigenvalue weighted by Crippen LogP contribution is 2.30. The van der Waals surface area contributed by atoms with E-state index in [0.717, 1.165) is 38.4 Å². The Bertz CT molecular complexity index is 889. The van der Waals surface area contributed by atoms with Gasteiger partial charge in [-0.1, -0.05) is 17.3 Å². The lowest BCUT2D eigenvalue weighted by molar-refractivity contribution is 0.117. The number of fused-ring (bicyclic) bond motifs is 1. The lowest BCUT2D eigenvalue weighted by Gasteiger charge is -2.37. The van der Waals surface area contributed by atoms with Crippen molar-refractivity contribution < 1.29 is 9.26 Å². The average Bonchev–Trinajstić information content (AvgIpc) is 3.27. The summed E-state index contributed by atoms with van der Waals surface area (Å²) in [6.07, 6.45) is 5.90. The number of benzene rings is 1. The monoisotopic (exact) mass is 335 g/mol. The van der Waals surface area contributed by atoms with Crippen LogP contribution in [0.3, 0.4) is 0 Å². The quantitative estimate of drug-likeness (QED) is 0.722. The van der Waals surface area contributed by atoms with Crippen LogP contribution in [0.25, 0.3) is 11.5 Å². The van der Waals surface area contributed by atoms with E-state index in [2.05, 4.69) is 43.2 Å². The van der Waals surface area contributed by atoms with E-state index in [9.17, 15) is 0 Å². The summed E-state index contributed by atoms with van der Waals surface area (Å²) in [5.41, 5.74) is 3.28. The summed E-state index contributed by atoms with van der Waals surface area (Å²) < 4.78 is 11.0. The predicted molar refractivity (Wildman–Crippen MR) is 89.0 cm³/mol. The highest BCUT2D eigenvalue weighted by molar-refractivity contribution is 5.45. The second-order valence-corrected chi connectivity index (χ2v) is 6.48. The van der Waals surface area contributed by atoms with Gasteiger partial charge in [-0.15, -0.1) is 0 Å². The van der Waals surface area contributed by atoms with Gasteiger partial charge in [0.25, 0.3) is 0 Å². The van der Waals surface area contributed by atoms with Crippen molar-refractivity contribution in [3.63, 3.8) is 0 Å². The molecule has 0 atom stereocenters. The maximum atomic E-state index is 5.56. The van der Waals surface area contributed by atoms with Crippen molar-refractivity contribution in [2.75, 3.05) is 19.7 Å². The van der Waals surface area contributed by atoms with E-state index >= 15 is 0 Å². The summed E-state index contributed by atoms with van der Waals surface area (Å²) in [6.45, 7) is 3.59. The fraction of sp³-hybridized carbons (Fsp3) is 0.333. The minimum Gasteiger partial charge on any atom is -0.493 e. The van der Waals surface area contributed by atoms with Crippen molar-refractivity contribution in [2.24, 2.45) is 0 Å². The van der Waals surface area contributed by atoms with E-state index in [4.69, 9.17) is 9.26 Å². The maximum absolute atomic E-state index is 5.56. The minimum atomic E-state index is 0.288. The van der Waals surface area contributed by atoms with Crippen LogP contribution in [0.5, 0.6) is 5.75 Å². The van der Waals surface area contributed by atoms with Gasteiger partial charge < -0.3 is 9.26 Å². The van der Waals surface area contributed by atoms with Gasteiger partial charge in [0.2, 0.25) is 11.7 Å². The molecule has 5 rings (SSSR count). The van der Waals surface area contributed by atoms with Crippen LogP contribution in [-0.4, -0.2) is 44.7 Å². The molecule has 0 saturated carbocycles. The largest absolute Gasteiger partial charge is 0.493 e. The lowest BCUT2D eigenvalue weighted by Crippen LogP contribution is -2.44. The summed E-state index contributed by atoms with van der Waals surface area (Å²) in [5.74, 6) is 2.50. The van der Waals surface area contributed by atoms with E-state index in [1.807, 2.05) is 0 Å². The van der Waals surface area contributed by atoms with Crippen LogP contribution in [0, 0.1) is 0 Å². The van der Waals surface area contributed by atoms with Crippen LogP contribution in [0.15, 0.2) is 41.3 Å². The highest BCUT2D eigenvalue weighted by atomic mass is 16.5. The number of rotatable bonds is 4. The molecule has 0 radical (unpaired) electrons. The number of ether oxygens (including phenoxy) is 1. The third-order valence-electron chi connectivity index (χ3n) is 4.70. The third kappa shape index (κ3) is 2.76. The van der Waals surface area contributed by atoms with Crippen molar-refractivity contribution in [2.45, 2.75) is 18.9 Å². The molecule has 0 bridgehead atoms. The van der Waals surface area contributed by atoms with Crippen LogP contribution >= 0.6 is 0 Å². The fourth-order valence-corrected chi connectivity index (χ4v) is 3.37. The van der Waals surface area contributed by atoms with Crippen LogP contribution in [0.4, 0.5) is 0 Å². The van der Waals surface area contributed by atoms with Crippen molar-refractivity contribution in [1.29, 1.82) is 0 Å². The molecule has 1 saturated heterocycles. The molecule has 2 aliphatic rings. The minimum absolute atomic E-state index is 0.288. The van der Waals surface area contributed by atoms with E-state index < -0.39 is 0 Å². The van der Waals surface area contributed by atoms with Crippen molar-refractivity contribution in [3.8, 4) is 17.3 Å². The number of aromatic nitrogens is 4. The third-order valence-corrected chi connectivity index (χ3v) is 4.70. The average molecular weight is 335 g/mol. The topological polar surface area (TPSA) is 77.2 Å². The molecule has 2 aliphatic heterocycles. The zero-order valence-corrected chi connectivity index (χ0v) is 13.6. The summed E-state index contributed by atoms with van der Waals surface area (Å²) in [4.78, 5) is 15.1. The molecule has 7 nitrogen and oxygen atoms in total. The summed E-state index contributed by atoms with van der Waals surface area (Å²) in [7, 11) is 0. The molecule has 0 spiro atoms. The van der Waals surface area contributed by atoms with Gasteiger partial charge in [-0.3, -0.25) is 9.88 Å². The fourth-order valence-electron chi connectivity index (χ4n) is 3.37. The molecular weight excluding hydrogens is 318 g/mol. The second-order valence-electron chi connectivity index (χ2n) is 6.48. The van der Waals surface area contributed by atoms with Crippen molar-refractivity contribution in [1.82, 2.24) is 25.0 Å². The molecule has 1 fully saturated rings. The van der Waals surface area contributed by atoms with Gasteiger partial charge in [-0.25, -0.2) is 4.98 Å². The molecule has 0 unspecified atom stereocenters. The van der Waals surface area contributed by atoms with E-state index in [0.29, 0.717) is 17.4 Å². The molecule has 4 heterocycles. The smallest absolute Gasteiger partial charge is 0.232 e. The van der Waals surface area contributed by atoms with Gasteiger partial charge in [0.15, 0.2) is 0 Å². The summed E-state index contributed by atoms with van der Waals surface area (Å²) in [6, 6.07) is 6.49. The SMILES string of the molecule is c1cnc(-c2noc(C3CN(Cc4ccc5c(c4)CCO5)C3)n2)cn1. The Balaban J connectivity index is 1.21. The van der Waals surface area contributed by atoms with E-state index in [-0.39, 0.29) is 5.92 Å². The first-order valence-corrected chi connectivity index (χ1v) is 8.42. The first-order chi connectivity index (χ1) is 12.3. The number of likely N-dealkylation sites (tertiary alicyclic amines) is 1. The van der Waals surface area contributed by atoms with Crippen LogP contribution < -0.4 is 4.74 Å². The summed E-state index contributed by atoms with van der Waals surface area (Å²) in [5, 5.41) is 4.02. The van der Waals surface area contributed by atoms with Crippen LogP contribution in [0.2, 0.25) is 0 Å². The van der Waals surface area contributed by atoms with Crippen LogP contribution in [0.1, 0.15) is 22.9 Å². The Hall–Kier alpha value is -2.80. The normalized spacial score (nSPS) is 17.1. The molecule has 126 valence electrons. The molecule has 7 heteroatoms. The van der Waals surface area contributed by atoms with Gasteiger partial charge in [0, 0.05) is 38.4 Å². The first kappa shape index (κ1) is 14.5. The van der Waals surface area contributed by atoms with Crippen molar-refractivity contribution >= 4 is 0 Å². The maximum Gasteiger partial charge on any atom is 0.232 e. The molecule has 0 aliphatic carbocycles. The molecule has 2 aromatic heterocycles. The Morgan fingerprint density at radius 2 is 2.16 bits per heavy atom. The van der Waals surface area contributed by atoms with Gasteiger partial charge in [0.1, 0.15) is 11.4 Å². The van der Waals surface area contributed by atoms with Gasteiger partial charge in [0.05, 0.1) is 18.7 Å². The zero-order valence-electron chi connectivity index (χ0n) is 13.6. The summed E-state index contributed by atoms with van der Waals surface area (Å²) >= 11 is 0. The Labute approximate surface area is 144 Å². The van der Waals surface area contributed by atoms with Crippen LogP contribution in [-0.2, 0) is 13.0 Å². The zero-order chi connectivity index (χ0) is 16.6. The molecule has 1 aromatic carbocycles. The standard InChI is InChI=1S/C18H17N5O2/c1-2-16-13(3-6-24-16)7-12(1)9-23-10-14(11-23)18-21-17(22-25-18)15-8-19-4-5-20-15/h1-2,4-5,7-8,14H,3,6,9-11H2. The van der Waals surface area contributed by atoms with Gasteiger partial charge in [-0.05, 0) is 17.2 Å². The van der Waals surface area contributed by atoms with Gasteiger partial charge >= 0.3 is 0 Å². The molecule has 25 heavy (non-hydrogen) atoms. The van der Waals surface area contributed by atoms with Gasteiger partial charge in [-0.2, -0.15) is 4.98 Å². The number of nitrogens with zero attached hydrogens (tertiary/aromatic N) is 5. The number of hydrogen-bond acceptors (Lipinski definition) is 7. The number of hydrogen-bond donors (Lipinski definition) is 0. The second kappa shape index (κ2) is 5.93. The molecule has 0 amide bonds. The van der Waals surface area contributed by atoms with E-state index in [1.54, 1.807) is 18.6 Å². The lowest BCUT2D eigenvalue weighted by atomic mass is 9.98. The predicted octanol–water partition coefficient (Wildman–Crippen LogP) is 2.06.